The number of hydrogen-bond donors (Lipinski definition) is 1. The van der Waals surface area contributed by atoms with Gasteiger partial charge in [0.1, 0.15) is 5.82 Å². The largest absolute Gasteiger partial charge is 0.392 e. The number of likely N-dealkylation sites (tertiary alicyclic amines) is 1. The monoisotopic (exact) mass is 316 g/mol. The molecular formula is C14H21FN2O3S. The van der Waals surface area contributed by atoms with Gasteiger partial charge in [-0.2, -0.15) is 0 Å². The first-order valence-electron chi connectivity index (χ1n) is 6.88. The first kappa shape index (κ1) is 16.4. The fourth-order valence-corrected chi connectivity index (χ4v) is 3.95. The molecule has 118 valence electrons. The Labute approximate surface area is 125 Å². The lowest BCUT2D eigenvalue weighted by molar-refractivity contribution is 0.275. The summed E-state index contributed by atoms with van der Waals surface area (Å²) in [5, 5.41) is 9.05. The van der Waals surface area contributed by atoms with E-state index in [9.17, 15) is 12.8 Å². The number of benzene rings is 1. The number of hydrogen-bond acceptors (Lipinski definition) is 4. The van der Waals surface area contributed by atoms with Crippen LogP contribution in [0.2, 0.25) is 0 Å². The summed E-state index contributed by atoms with van der Waals surface area (Å²) < 4.78 is 39.6. The highest BCUT2D eigenvalue weighted by Gasteiger charge is 2.27. The van der Waals surface area contributed by atoms with Gasteiger partial charge in [0.25, 0.3) is 0 Å². The second-order valence-electron chi connectivity index (χ2n) is 5.61. The number of aliphatic hydroxyl groups excluding tert-OH is 1. The molecule has 2 rings (SSSR count). The fraction of sp³-hybridized carbons (Fsp3) is 0.571. The van der Waals surface area contributed by atoms with E-state index >= 15 is 0 Å². The summed E-state index contributed by atoms with van der Waals surface area (Å²) in [5.74, 6) is -0.288. The van der Waals surface area contributed by atoms with Crippen LogP contribution in [0.5, 0.6) is 0 Å². The maximum Gasteiger partial charge on any atom is 0.242 e. The number of aliphatic hydroxyl groups is 1. The molecule has 0 amide bonds. The average molecular weight is 316 g/mol. The number of rotatable bonds is 5. The van der Waals surface area contributed by atoms with Crippen molar-refractivity contribution in [3.63, 3.8) is 0 Å². The molecule has 1 aliphatic rings. The van der Waals surface area contributed by atoms with Gasteiger partial charge in [0.15, 0.2) is 0 Å². The van der Waals surface area contributed by atoms with Crippen LogP contribution in [0, 0.1) is 11.7 Å². The van der Waals surface area contributed by atoms with Gasteiger partial charge in [-0.25, -0.2) is 17.1 Å². The van der Waals surface area contributed by atoms with Crippen LogP contribution in [0.25, 0.3) is 0 Å². The van der Waals surface area contributed by atoms with Crippen LogP contribution >= 0.6 is 0 Å². The Bertz CT molecular complexity index is 606. The van der Waals surface area contributed by atoms with Crippen LogP contribution in [0.3, 0.4) is 0 Å². The molecule has 1 unspecified atom stereocenters. The molecule has 0 aliphatic carbocycles. The van der Waals surface area contributed by atoms with Crippen LogP contribution in [0.4, 0.5) is 4.39 Å². The zero-order chi connectivity index (χ0) is 15.6. The normalized spacial score (nSPS) is 20.3. The maximum atomic E-state index is 13.4. The van der Waals surface area contributed by atoms with E-state index in [0.29, 0.717) is 12.5 Å². The van der Waals surface area contributed by atoms with Gasteiger partial charge >= 0.3 is 0 Å². The Kier molecular flexibility index (Phi) is 4.98. The van der Waals surface area contributed by atoms with Crippen molar-refractivity contribution >= 4 is 10.0 Å². The number of halogens is 1. The average Bonchev–Trinajstić information content (AvgIpc) is 2.84. The summed E-state index contributed by atoms with van der Waals surface area (Å²) in [4.78, 5) is 2.19. The van der Waals surface area contributed by atoms with E-state index in [-0.39, 0.29) is 10.5 Å². The van der Waals surface area contributed by atoms with Crippen LogP contribution in [0.15, 0.2) is 23.1 Å². The van der Waals surface area contributed by atoms with E-state index in [1.807, 2.05) is 7.05 Å². The lowest BCUT2D eigenvalue weighted by atomic mass is 10.1. The van der Waals surface area contributed by atoms with Gasteiger partial charge in [-0.15, -0.1) is 0 Å². The molecule has 1 aromatic rings. The summed E-state index contributed by atoms with van der Waals surface area (Å²) in [6, 6.07) is 3.51. The molecule has 1 aromatic carbocycles. The minimum absolute atomic E-state index is 0.00919. The number of nitrogens with zero attached hydrogens (tertiary/aromatic N) is 2. The van der Waals surface area contributed by atoms with Crippen molar-refractivity contribution < 1.29 is 17.9 Å². The lowest BCUT2D eigenvalue weighted by Gasteiger charge is -2.21. The van der Waals surface area contributed by atoms with Crippen molar-refractivity contribution in [2.45, 2.75) is 17.9 Å². The quantitative estimate of drug-likeness (QED) is 0.876. The first-order valence-corrected chi connectivity index (χ1v) is 8.32. The molecule has 0 bridgehead atoms. The molecule has 7 heteroatoms. The molecule has 1 N–H and O–H groups in total. The zero-order valence-corrected chi connectivity index (χ0v) is 13.1. The van der Waals surface area contributed by atoms with Gasteiger partial charge < -0.3 is 10.0 Å². The van der Waals surface area contributed by atoms with Crippen molar-refractivity contribution in [1.29, 1.82) is 0 Å². The summed E-state index contributed by atoms with van der Waals surface area (Å²) in [7, 11) is -0.103. The van der Waals surface area contributed by atoms with Crippen LogP contribution in [-0.4, -0.2) is 56.5 Å². The highest BCUT2D eigenvalue weighted by molar-refractivity contribution is 7.89. The molecule has 0 aromatic heterocycles. The van der Waals surface area contributed by atoms with Crippen LogP contribution < -0.4 is 0 Å². The smallest absolute Gasteiger partial charge is 0.242 e. The van der Waals surface area contributed by atoms with Gasteiger partial charge in [0, 0.05) is 25.7 Å². The molecule has 0 spiro atoms. The van der Waals surface area contributed by atoms with Crippen molar-refractivity contribution in [1.82, 2.24) is 9.21 Å². The first-order chi connectivity index (χ1) is 9.84. The second-order valence-corrected chi connectivity index (χ2v) is 7.66. The van der Waals surface area contributed by atoms with E-state index < -0.39 is 22.4 Å². The van der Waals surface area contributed by atoms with E-state index in [0.717, 1.165) is 25.6 Å². The number of sulfonamides is 1. The summed E-state index contributed by atoms with van der Waals surface area (Å²) in [6.45, 7) is 1.78. The highest BCUT2D eigenvalue weighted by atomic mass is 32.2. The fourth-order valence-electron chi connectivity index (χ4n) is 2.65. The topological polar surface area (TPSA) is 60.9 Å². The Morgan fingerprint density at radius 1 is 1.48 bits per heavy atom. The summed E-state index contributed by atoms with van der Waals surface area (Å²) in [5.41, 5.74) is -0.00919. The van der Waals surface area contributed by atoms with Gasteiger partial charge in [-0.1, -0.05) is 0 Å². The molecule has 1 saturated heterocycles. The summed E-state index contributed by atoms with van der Waals surface area (Å²) >= 11 is 0. The molecule has 0 radical (unpaired) electrons. The standard InChI is InChI=1S/C14H21FN2O3S/c1-16-6-5-11(8-16)9-17(2)21(19,20)13-3-4-14(15)12(7-13)10-18/h3-4,7,11,18H,5-6,8-10H2,1-2H3. The minimum atomic E-state index is -3.66. The Hall–Kier alpha value is -1.02. The Balaban J connectivity index is 2.17. The minimum Gasteiger partial charge on any atom is -0.392 e. The zero-order valence-electron chi connectivity index (χ0n) is 12.3. The van der Waals surface area contributed by atoms with Gasteiger partial charge in [-0.05, 0) is 44.1 Å². The lowest BCUT2D eigenvalue weighted by Crippen LogP contribution is -2.33. The maximum absolute atomic E-state index is 13.4. The Morgan fingerprint density at radius 3 is 2.76 bits per heavy atom. The molecule has 1 heterocycles. The van der Waals surface area contributed by atoms with Crippen molar-refractivity contribution in [2.75, 3.05) is 33.7 Å². The molecule has 1 aliphatic heterocycles. The molecule has 0 saturated carbocycles. The third-order valence-corrected chi connectivity index (χ3v) is 5.72. The summed E-state index contributed by atoms with van der Waals surface area (Å²) in [6.07, 6.45) is 0.974. The third kappa shape index (κ3) is 3.60. The Morgan fingerprint density at radius 2 is 2.19 bits per heavy atom. The van der Waals surface area contributed by atoms with Crippen LogP contribution in [-0.2, 0) is 16.6 Å². The highest BCUT2D eigenvalue weighted by Crippen LogP contribution is 2.22. The molecule has 21 heavy (non-hydrogen) atoms. The van der Waals surface area contributed by atoms with E-state index in [1.54, 1.807) is 0 Å². The van der Waals surface area contributed by atoms with Gasteiger partial charge in [-0.3, -0.25) is 0 Å². The van der Waals surface area contributed by atoms with E-state index in [2.05, 4.69) is 4.90 Å². The van der Waals surface area contributed by atoms with Gasteiger partial charge in [0.2, 0.25) is 10.0 Å². The van der Waals surface area contributed by atoms with E-state index in [4.69, 9.17) is 5.11 Å². The van der Waals surface area contributed by atoms with E-state index in [1.165, 1.54) is 23.5 Å². The van der Waals surface area contributed by atoms with Gasteiger partial charge in [0.05, 0.1) is 11.5 Å². The third-order valence-electron chi connectivity index (χ3n) is 3.90. The predicted octanol–water partition coefficient (Wildman–Crippen LogP) is 0.890. The van der Waals surface area contributed by atoms with Crippen molar-refractivity contribution in [2.24, 2.45) is 5.92 Å². The predicted molar refractivity (Wildman–Crippen MR) is 77.7 cm³/mol. The van der Waals surface area contributed by atoms with Crippen molar-refractivity contribution in [3.8, 4) is 0 Å². The second kappa shape index (κ2) is 6.39. The van der Waals surface area contributed by atoms with Crippen molar-refractivity contribution in [3.05, 3.63) is 29.6 Å². The SMILES string of the molecule is CN1CCC(CN(C)S(=O)(=O)c2ccc(F)c(CO)c2)C1. The molecule has 1 fully saturated rings. The molecule has 1 atom stereocenters. The molecule has 5 nitrogen and oxygen atoms in total. The van der Waals surface area contributed by atoms with Crippen LogP contribution in [0.1, 0.15) is 12.0 Å². The molecular weight excluding hydrogens is 295 g/mol.